The van der Waals surface area contributed by atoms with Crippen LogP contribution in [0, 0.1) is 5.92 Å². The second kappa shape index (κ2) is 11.1. The Morgan fingerprint density at radius 3 is 2.42 bits per heavy atom. The Labute approximate surface area is 184 Å². The number of esters is 1. The molecule has 9 heteroatoms. The lowest BCUT2D eigenvalue weighted by atomic mass is 9.86. The van der Waals surface area contributed by atoms with Gasteiger partial charge in [0.1, 0.15) is 0 Å². The van der Waals surface area contributed by atoms with Crippen LogP contribution in [0.1, 0.15) is 51.9 Å². The third-order valence-electron chi connectivity index (χ3n) is 5.89. The van der Waals surface area contributed by atoms with E-state index in [4.69, 9.17) is 9.47 Å². The van der Waals surface area contributed by atoms with Gasteiger partial charge in [0.2, 0.25) is 10.0 Å². The number of carbonyl (C=O) groups is 2. The summed E-state index contributed by atoms with van der Waals surface area (Å²) in [7, 11) is -3.58. The number of amides is 1. The number of rotatable bonds is 8. The van der Waals surface area contributed by atoms with Crippen molar-refractivity contribution in [2.24, 2.45) is 5.92 Å². The monoisotopic (exact) mass is 452 g/mol. The number of benzene rings is 1. The molecule has 0 bridgehead atoms. The molecule has 172 valence electrons. The fourth-order valence-electron chi connectivity index (χ4n) is 4.00. The van der Waals surface area contributed by atoms with Gasteiger partial charge in [-0.2, -0.15) is 4.31 Å². The fraction of sp³-hybridized carbons (Fsp3) is 0.636. The van der Waals surface area contributed by atoms with Crippen LogP contribution in [0.25, 0.3) is 0 Å². The van der Waals surface area contributed by atoms with Gasteiger partial charge in [-0.25, -0.2) is 8.42 Å². The van der Waals surface area contributed by atoms with Crippen molar-refractivity contribution in [1.29, 1.82) is 0 Å². The molecule has 0 spiro atoms. The van der Waals surface area contributed by atoms with Crippen LogP contribution in [-0.4, -0.2) is 57.0 Å². The minimum Gasteiger partial charge on any atom is -0.453 e. The van der Waals surface area contributed by atoms with Crippen molar-refractivity contribution in [1.82, 2.24) is 4.31 Å². The lowest BCUT2D eigenvalue weighted by Gasteiger charge is -2.26. The molecule has 1 unspecified atom stereocenters. The average molecular weight is 453 g/mol. The minimum absolute atomic E-state index is 0.162. The van der Waals surface area contributed by atoms with Crippen LogP contribution in [0.4, 0.5) is 5.69 Å². The number of anilines is 1. The van der Waals surface area contributed by atoms with Crippen LogP contribution in [0.2, 0.25) is 0 Å². The maximum atomic E-state index is 12.7. The van der Waals surface area contributed by atoms with Gasteiger partial charge in [-0.05, 0) is 43.5 Å². The molecule has 0 radical (unpaired) electrons. The average Bonchev–Trinajstić information content (AvgIpc) is 2.79. The van der Waals surface area contributed by atoms with E-state index in [0.717, 1.165) is 6.42 Å². The van der Waals surface area contributed by atoms with Gasteiger partial charge in [-0.1, -0.05) is 32.1 Å². The number of nitrogens with one attached hydrogen (secondary N) is 1. The zero-order valence-electron chi connectivity index (χ0n) is 18.0. The van der Waals surface area contributed by atoms with Crippen LogP contribution >= 0.6 is 0 Å². The number of nitrogens with zero attached hydrogens (tertiary/aromatic N) is 1. The highest BCUT2D eigenvalue weighted by molar-refractivity contribution is 7.89. The number of hydrogen-bond donors (Lipinski definition) is 1. The van der Waals surface area contributed by atoms with Gasteiger partial charge in [0.15, 0.2) is 6.10 Å². The topological polar surface area (TPSA) is 102 Å². The quantitative estimate of drug-likeness (QED) is 0.609. The van der Waals surface area contributed by atoms with E-state index < -0.39 is 22.0 Å². The molecule has 1 saturated carbocycles. The van der Waals surface area contributed by atoms with Crippen LogP contribution < -0.4 is 5.32 Å². The smallest absolute Gasteiger partial charge is 0.306 e. The van der Waals surface area contributed by atoms with Crippen LogP contribution in [0.3, 0.4) is 0 Å². The van der Waals surface area contributed by atoms with E-state index in [0.29, 0.717) is 44.3 Å². The van der Waals surface area contributed by atoms with Gasteiger partial charge in [0.25, 0.3) is 5.91 Å². The van der Waals surface area contributed by atoms with Crippen molar-refractivity contribution in [2.75, 3.05) is 31.6 Å². The number of sulfonamides is 1. The zero-order valence-corrected chi connectivity index (χ0v) is 18.9. The van der Waals surface area contributed by atoms with Gasteiger partial charge >= 0.3 is 5.97 Å². The summed E-state index contributed by atoms with van der Waals surface area (Å²) >= 11 is 0. The van der Waals surface area contributed by atoms with Crippen molar-refractivity contribution in [3.8, 4) is 0 Å². The van der Waals surface area contributed by atoms with Crippen molar-refractivity contribution in [2.45, 2.75) is 62.9 Å². The first-order chi connectivity index (χ1) is 14.9. The second-order valence-electron chi connectivity index (χ2n) is 8.20. The van der Waals surface area contributed by atoms with Crippen LogP contribution in [0.5, 0.6) is 0 Å². The summed E-state index contributed by atoms with van der Waals surface area (Å²) in [5.74, 6) is -0.229. The number of morpholine rings is 1. The van der Waals surface area contributed by atoms with Crippen LogP contribution in [0.15, 0.2) is 29.2 Å². The van der Waals surface area contributed by atoms with Crippen molar-refractivity contribution in [3.63, 3.8) is 0 Å². The van der Waals surface area contributed by atoms with E-state index in [1.54, 1.807) is 0 Å². The summed E-state index contributed by atoms with van der Waals surface area (Å²) in [5.41, 5.74) is 0.441. The molecule has 2 aliphatic rings. The number of hydrogen-bond acceptors (Lipinski definition) is 6. The summed E-state index contributed by atoms with van der Waals surface area (Å²) in [4.78, 5) is 24.6. The zero-order chi connectivity index (χ0) is 22.3. The van der Waals surface area contributed by atoms with Gasteiger partial charge < -0.3 is 14.8 Å². The molecule has 1 N–H and O–H groups in total. The highest BCUT2D eigenvalue weighted by atomic mass is 32.2. The Kier molecular flexibility index (Phi) is 8.45. The van der Waals surface area contributed by atoms with Crippen molar-refractivity contribution < 1.29 is 27.5 Å². The molecule has 1 heterocycles. The predicted molar refractivity (Wildman–Crippen MR) is 116 cm³/mol. The van der Waals surface area contributed by atoms with Gasteiger partial charge in [0, 0.05) is 25.2 Å². The highest BCUT2D eigenvalue weighted by Gasteiger charge is 2.26. The molecule has 8 nitrogen and oxygen atoms in total. The van der Waals surface area contributed by atoms with Crippen molar-refractivity contribution >= 4 is 27.6 Å². The first-order valence-electron chi connectivity index (χ1n) is 11.0. The van der Waals surface area contributed by atoms with E-state index in [1.165, 1.54) is 67.6 Å². The minimum atomic E-state index is -3.58. The molecular formula is C22H32N2O6S. The number of carbonyl (C=O) groups excluding carboxylic acids is 2. The summed E-state index contributed by atoms with van der Waals surface area (Å²) < 4.78 is 37.2. The molecule has 1 saturated heterocycles. The summed E-state index contributed by atoms with van der Waals surface area (Å²) in [5, 5.41) is 2.67. The number of ether oxygens (including phenoxy) is 2. The maximum Gasteiger partial charge on any atom is 0.306 e. The Bertz CT molecular complexity index is 843. The largest absolute Gasteiger partial charge is 0.453 e. The lowest BCUT2D eigenvalue weighted by molar-refractivity contribution is -0.153. The molecule has 1 aromatic carbocycles. The Hall–Kier alpha value is -1.97. The third-order valence-corrected chi connectivity index (χ3v) is 7.80. The summed E-state index contributed by atoms with van der Waals surface area (Å²) in [6.45, 7) is 2.94. The van der Waals surface area contributed by atoms with Gasteiger partial charge in [-0.3, -0.25) is 9.59 Å². The molecule has 1 amide bonds. The highest BCUT2D eigenvalue weighted by Crippen LogP contribution is 2.27. The fourth-order valence-corrected chi connectivity index (χ4v) is 5.41. The van der Waals surface area contributed by atoms with E-state index in [9.17, 15) is 18.0 Å². The standard InChI is InChI=1S/C22H32N2O6S/c1-17(30-21(25)12-7-18-5-3-2-4-6-18)22(26)23-19-8-10-20(11-9-19)31(27,28)24-13-15-29-16-14-24/h8-11,17-18H,2-7,12-16H2,1H3,(H,23,26). The Balaban J connectivity index is 1.47. The molecular weight excluding hydrogens is 420 g/mol. The molecule has 0 aromatic heterocycles. The molecule has 31 heavy (non-hydrogen) atoms. The maximum absolute atomic E-state index is 12.7. The molecule has 1 aromatic rings. The Morgan fingerprint density at radius 1 is 1.13 bits per heavy atom. The predicted octanol–water partition coefficient (Wildman–Crippen LogP) is 2.94. The van der Waals surface area contributed by atoms with Gasteiger partial charge in [-0.15, -0.1) is 0 Å². The summed E-state index contributed by atoms with van der Waals surface area (Å²) in [6.07, 6.45) is 6.29. The van der Waals surface area contributed by atoms with Gasteiger partial charge in [0.05, 0.1) is 18.1 Å². The Morgan fingerprint density at radius 2 is 1.77 bits per heavy atom. The molecule has 3 rings (SSSR count). The SMILES string of the molecule is CC(OC(=O)CCC1CCCCC1)C(=O)Nc1ccc(S(=O)(=O)N2CCOCC2)cc1. The lowest BCUT2D eigenvalue weighted by Crippen LogP contribution is -2.40. The molecule has 2 fully saturated rings. The molecule has 1 atom stereocenters. The van der Waals surface area contributed by atoms with E-state index in [2.05, 4.69) is 5.32 Å². The van der Waals surface area contributed by atoms with Crippen LogP contribution in [-0.2, 0) is 29.1 Å². The van der Waals surface area contributed by atoms with Crippen molar-refractivity contribution in [3.05, 3.63) is 24.3 Å². The molecule has 1 aliphatic heterocycles. The van der Waals surface area contributed by atoms with E-state index in [1.807, 2.05) is 0 Å². The molecule has 1 aliphatic carbocycles. The summed E-state index contributed by atoms with van der Waals surface area (Å²) in [6, 6.07) is 5.98. The second-order valence-corrected chi connectivity index (χ2v) is 10.1. The normalized spacial score (nSPS) is 19.5. The first-order valence-corrected chi connectivity index (χ1v) is 12.5. The van der Waals surface area contributed by atoms with E-state index >= 15 is 0 Å². The first kappa shape index (κ1) is 23.7. The van der Waals surface area contributed by atoms with E-state index in [-0.39, 0.29) is 10.9 Å². The third kappa shape index (κ3) is 6.75.